The van der Waals surface area contributed by atoms with Crippen molar-refractivity contribution in [2.75, 3.05) is 23.3 Å². The van der Waals surface area contributed by atoms with Crippen molar-refractivity contribution in [2.45, 2.75) is 4.90 Å². The van der Waals surface area contributed by atoms with Crippen LogP contribution in [0.4, 0.5) is 11.4 Å². The van der Waals surface area contributed by atoms with Crippen LogP contribution in [0, 0.1) is 0 Å². The zero-order valence-corrected chi connectivity index (χ0v) is 18.4. The van der Waals surface area contributed by atoms with E-state index in [1.807, 2.05) is 0 Å². The normalized spacial score (nSPS) is 10.8. The summed E-state index contributed by atoms with van der Waals surface area (Å²) in [7, 11) is -2.38. The van der Waals surface area contributed by atoms with Crippen LogP contribution in [-0.2, 0) is 19.6 Å². The van der Waals surface area contributed by atoms with E-state index in [1.54, 1.807) is 30.3 Å². The summed E-state index contributed by atoms with van der Waals surface area (Å²) >= 11 is 0. The van der Waals surface area contributed by atoms with E-state index in [0.29, 0.717) is 16.9 Å². The molecular weight excluding hydrogens is 446 g/mol. The highest BCUT2D eigenvalue weighted by Crippen LogP contribution is 2.22. The summed E-state index contributed by atoms with van der Waals surface area (Å²) in [5, 5.41) is 2.52. The Balaban J connectivity index is 1.58. The SMILES string of the molecule is CN(c1ccccc1)S(=O)(=O)c1ccc(C(=O)OCC(=O)Nc2ccc(C(N)=O)cc2)cc1. The van der Waals surface area contributed by atoms with Gasteiger partial charge in [0.15, 0.2) is 6.61 Å². The molecule has 3 N–H and O–H groups in total. The molecule has 0 atom stereocenters. The molecule has 10 heteroatoms. The lowest BCUT2D eigenvalue weighted by Crippen LogP contribution is -2.26. The number of nitrogens with zero attached hydrogens (tertiary/aromatic N) is 1. The van der Waals surface area contributed by atoms with E-state index in [4.69, 9.17) is 10.5 Å². The maximum Gasteiger partial charge on any atom is 0.338 e. The highest BCUT2D eigenvalue weighted by molar-refractivity contribution is 7.92. The number of nitrogens with one attached hydrogen (secondary N) is 1. The van der Waals surface area contributed by atoms with Crippen LogP contribution in [0.1, 0.15) is 20.7 Å². The summed E-state index contributed by atoms with van der Waals surface area (Å²) in [6, 6.07) is 19.7. The number of carbonyl (C=O) groups excluding carboxylic acids is 3. The van der Waals surface area contributed by atoms with Gasteiger partial charge in [-0.1, -0.05) is 18.2 Å². The van der Waals surface area contributed by atoms with Crippen LogP contribution in [0.5, 0.6) is 0 Å². The van der Waals surface area contributed by atoms with Gasteiger partial charge in [0.25, 0.3) is 15.9 Å². The molecular formula is C23H21N3O6S. The number of primary amides is 1. The highest BCUT2D eigenvalue weighted by atomic mass is 32.2. The van der Waals surface area contributed by atoms with Crippen molar-refractivity contribution in [1.29, 1.82) is 0 Å². The number of hydrogen-bond acceptors (Lipinski definition) is 6. The van der Waals surface area contributed by atoms with E-state index in [-0.39, 0.29) is 10.5 Å². The fraction of sp³-hybridized carbons (Fsp3) is 0.0870. The van der Waals surface area contributed by atoms with Crippen molar-refractivity contribution in [1.82, 2.24) is 0 Å². The number of carbonyl (C=O) groups is 3. The third kappa shape index (κ3) is 5.74. The molecule has 33 heavy (non-hydrogen) atoms. The first-order valence-electron chi connectivity index (χ1n) is 9.69. The summed E-state index contributed by atoms with van der Waals surface area (Å²) in [5.74, 6) is -1.96. The van der Waals surface area contributed by atoms with Gasteiger partial charge < -0.3 is 15.8 Å². The Morgan fingerprint density at radius 3 is 2.03 bits per heavy atom. The maximum absolute atomic E-state index is 12.8. The highest BCUT2D eigenvalue weighted by Gasteiger charge is 2.22. The molecule has 0 aliphatic carbocycles. The Kier molecular flexibility index (Phi) is 7.09. The second-order valence-electron chi connectivity index (χ2n) is 6.90. The molecule has 0 saturated carbocycles. The van der Waals surface area contributed by atoms with Gasteiger partial charge in [-0.05, 0) is 60.7 Å². The van der Waals surface area contributed by atoms with E-state index in [0.717, 1.165) is 4.31 Å². The lowest BCUT2D eigenvalue weighted by atomic mass is 10.2. The predicted octanol–water partition coefficient (Wildman–Crippen LogP) is 2.41. The van der Waals surface area contributed by atoms with E-state index >= 15 is 0 Å². The quantitative estimate of drug-likeness (QED) is 0.488. The van der Waals surface area contributed by atoms with E-state index in [2.05, 4.69) is 5.32 Å². The number of benzene rings is 3. The van der Waals surface area contributed by atoms with Crippen LogP contribution in [0.15, 0.2) is 83.8 Å². The molecule has 0 aliphatic heterocycles. The van der Waals surface area contributed by atoms with Crippen LogP contribution >= 0.6 is 0 Å². The van der Waals surface area contributed by atoms with Gasteiger partial charge in [0.05, 0.1) is 16.1 Å². The smallest absolute Gasteiger partial charge is 0.338 e. The molecule has 0 bridgehead atoms. The van der Waals surface area contributed by atoms with Gasteiger partial charge in [0.1, 0.15) is 0 Å². The van der Waals surface area contributed by atoms with E-state index < -0.39 is 34.4 Å². The zero-order valence-electron chi connectivity index (χ0n) is 17.6. The molecule has 0 spiro atoms. The summed E-state index contributed by atoms with van der Waals surface area (Å²) in [6.07, 6.45) is 0. The Hall–Kier alpha value is -4.18. The Morgan fingerprint density at radius 2 is 1.45 bits per heavy atom. The second-order valence-corrected chi connectivity index (χ2v) is 8.87. The Labute approximate surface area is 190 Å². The van der Waals surface area contributed by atoms with Crippen molar-refractivity contribution in [3.05, 3.63) is 90.0 Å². The molecule has 0 unspecified atom stereocenters. The molecule has 9 nitrogen and oxygen atoms in total. The average molecular weight is 468 g/mol. The molecule has 0 fully saturated rings. The van der Waals surface area contributed by atoms with Crippen LogP contribution in [0.25, 0.3) is 0 Å². The molecule has 3 aromatic carbocycles. The Morgan fingerprint density at radius 1 is 0.879 bits per heavy atom. The van der Waals surface area contributed by atoms with E-state index in [1.165, 1.54) is 55.6 Å². The monoisotopic (exact) mass is 467 g/mol. The van der Waals surface area contributed by atoms with Gasteiger partial charge in [0, 0.05) is 18.3 Å². The number of amides is 2. The first-order valence-corrected chi connectivity index (χ1v) is 11.1. The lowest BCUT2D eigenvalue weighted by molar-refractivity contribution is -0.119. The van der Waals surface area contributed by atoms with Gasteiger partial charge in [0.2, 0.25) is 5.91 Å². The predicted molar refractivity (Wildman–Crippen MR) is 122 cm³/mol. The minimum atomic E-state index is -3.82. The summed E-state index contributed by atoms with van der Waals surface area (Å²) < 4.78 is 31.7. The third-order valence-electron chi connectivity index (χ3n) is 4.66. The summed E-state index contributed by atoms with van der Waals surface area (Å²) in [6.45, 7) is -0.548. The topological polar surface area (TPSA) is 136 Å². The number of para-hydroxylation sites is 1. The number of sulfonamides is 1. The molecule has 0 radical (unpaired) electrons. The number of nitrogens with two attached hydrogens (primary N) is 1. The van der Waals surface area contributed by atoms with Crippen molar-refractivity contribution in [3.8, 4) is 0 Å². The number of rotatable bonds is 8. The minimum absolute atomic E-state index is 0.00236. The lowest BCUT2D eigenvalue weighted by Gasteiger charge is -2.19. The van der Waals surface area contributed by atoms with Crippen LogP contribution in [0.2, 0.25) is 0 Å². The average Bonchev–Trinajstić information content (AvgIpc) is 2.83. The molecule has 0 aliphatic rings. The van der Waals surface area contributed by atoms with Crippen LogP contribution in [-0.4, -0.2) is 39.9 Å². The van der Waals surface area contributed by atoms with Gasteiger partial charge in [-0.25, -0.2) is 13.2 Å². The van der Waals surface area contributed by atoms with Crippen molar-refractivity contribution < 1.29 is 27.5 Å². The van der Waals surface area contributed by atoms with Crippen molar-refractivity contribution in [3.63, 3.8) is 0 Å². The van der Waals surface area contributed by atoms with Gasteiger partial charge in [-0.15, -0.1) is 0 Å². The molecule has 0 aromatic heterocycles. The molecule has 2 amide bonds. The standard InChI is InChI=1S/C23H21N3O6S/c1-26(19-5-3-2-4-6-19)33(30,31)20-13-9-17(10-14-20)23(29)32-15-21(27)25-18-11-7-16(8-12-18)22(24)28/h2-14H,15H2,1H3,(H2,24,28)(H,25,27). The van der Waals surface area contributed by atoms with Crippen LogP contribution < -0.4 is 15.4 Å². The number of hydrogen-bond donors (Lipinski definition) is 2. The molecule has 0 heterocycles. The molecule has 3 aromatic rings. The summed E-state index contributed by atoms with van der Waals surface area (Å²) in [5.41, 5.74) is 6.44. The van der Waals surface area contributed by atoms with Gasteiger partial charge in [-0.3, -0.25) is 13.9 Å². The fourth-order valence-corrected chi connectivity index (χ4v) is 4.02. The fourth-order valence-electron chi connectivity index (χ4n) is 2.83. The maximum atomic E-state index is 12.8. The first kappa shape index (κ1) is 23.5. The zero-order chi connectivity index (χ0) is 24.0. The molecule has 3 rings (SSSR count). The third-order valence-corrected chi connectivity index (χ3v) is 6.46. The van der Waals surface area contributed by atoms with Gasteiger partial charge >= 0.3 is 5.97 Å². The van der Waals surface area contributed by atoms with E-state index in [9.17, 15) is 22.8 Å². The second kappa shape index (κ2) is 9.96. The van der Waals surface area contributed by atoms with Gasteiger partial charge in [-0.2, -0.15) is 0 Å². The van der Waals surface area contributed by atoms with Crippen LogP contribution in [0.3, 0.4) is 0 Å². The molecule has 170 valence electrons. The van der Waals surface area contributed by atoms with Crippen molar-refractivity contribution >= 4 is 39.2 Å². The van der Waals surface area contributed by atoms with Crippen molar-refractivity contribution in [2.24, 2.45) is 5.73 Å². The summed E-state index contributed by atoms with van der Waals surface area (Å²) in [4.78, 5) is 35.3. The number of esters is 1. The Bertz CT molecular complexity index is 1260. The number of anilines is 2. The first-order chi connectivity index (χ1) is 15.7. The number of ether oxygens (including phenoxy) is 1. The largest absolute Gasteiger partial charge is 0.452 e. The molecule has 0 saturated heterocycles. The minimum Gasteiger partial charge on any atom is -0.452 e.